The molecule has 0 amide bonds. The smallest absolute Gasteiger partial charge is 0.149 e. The van der Waals surface area contributed by atoms with Crippen molar-refractivity contribution in [3.05, 3.63) is 71.6 Å². The molecule has 2 aromatic carbocycles. The number of benzene rings is 2. The summed E-state index contributed by atoms with van der Waals surface area (Å²) in [6.45, 7) is 1.66. The van der Waals surface area contributed by atoms with E-state index >= 15 is 0 Å². The highest BCUT2D eigenvalue weighted by Crippen LogP contribution is 2.25. The quantitative estimate of drug-likeness (QED) is 0.737. The molecular formula is C18H13F2N5. The minimum atomic E-state index is -0.722. The molecule has 0 bridgehead atoms. The van der Waals surface area contributed by atoms with E-state index in [-0.39, 0.29) is 11.5 Å². The highest BCUT2D eigenvalue weighted by molar-refractivity contribution is 5.67. The normalized spacial score (nSPS) is 10.2. The summed E-state index contributed by atoms with van der Waals surface area (Å²) < 4.78 is 27.6. The number of hydrogen-bond acceptors (Lipinski definition) is 5. The zero-order valence-electron chi connectivity index (χ0n) is 13.2. The van der Waals surface area contributed by atoms with E-state index < -0.39 is 11.6 Å². The van der Waals surface area contributed by atoms with Crippen molar-refractivity contribution in [2.24, 2.45) is 0 Å². The standard InChI is InChI=1S/C18H13F2N5/c1-11-22-16(24-15-8-3-2-5-12(15)10-21)9-17(23-11)25-18-13(19)6-4-7-14(18)20/h2-9H,1H3,(H2,22,23,24,25). The maximum atomic E-state index is 13.8. The second kappa shape index (κ2) is 6.93. The van der Waals surface area contributed by atoms with E-state index in [1.807, 2.05) is 0 Å². The number of aryl methyl sites for hydroxylation is 1. The lowest BCUT2D eigenvalue weighted by molar-refractivity contribution is 0.590. The van der Waals surface area contributed by atoms with Crippen molar-refractivity contribution >= 4 is 23.0 Å². The third kappa shape index (κ3) is 3.70. The predicted molar refractivity (Wildman–Crippen MR) is 90.8 cm³/mol. The monoisotopic (exact) mass is 337 g/mol. The molecule has 124 valence electrons. The van der Waals surface area contributed by atoms with Crippen molar-refractivity contribution in [2.45, 2.75) is 6.92 Å². The third-order valence-electron chi connectivity index (χ3n) is 3.36. The SMILES string of the molecule is Cc1nc(Nc2ccccc2C#N)cc(Nc2c(F)cccc2F)n1. The number of nitrogens with zero attached hydrogens (tertiary/aromatic N) is 3. The maximum absolute atomic E-state index is 13.8. The van der Waals surface area contributed by atoms with Gasteiger partial charge in [0.25, 0.3) is 0 Å². The van der Waals surface area contributed by atoms with E-state index in [1.165, 1.54) is 12.1 Å². The summed E-state index contributed by atoms with van der Waals surface area (Å²) in [6, 6.07) is 14.1. The molecule has 0 aliphatic carbocycles. The summed E-state index contributed by atoms with van der Waals surface area (Å²) in [4.78, 5) is 8.37. The van der Waals surface area contributed by atoms with E-state index in [0.29, 0.717) is 22.9 Å². The topological polar surface area (TPSA) is 73.6 Å². The van der Waals surface area contributed by atoms with E-state index in [0.717, 1.165) is 12.1 Å². The lowest BCUT2D eigenvalue weighted by Crippen LogP contribution is -2.04. The van der Waals surface area contributed by atoms with Gasteiger partial charge in [0.2, 0.25) is 0 Å². The highest BCUT2D eigenvalue weighted by atomic mass is 19.1. The van der Waals surface area contributed by atoms with Crippen LogP contribution in [0.3, 0.4) is 0 Å². The Hall–Kier alpha value is -3.53. The van der Waals surface area contributed by atoms with Crippen molar-refractivity contribution in [3.63, 3.8) is 0 Å². The molecule has 5 nitrogen and oxygen atoms in total. The van der Waals surface area contributed by atoms with Crippen LogP contribution in [0, 0.1) is 29.9 Å². The molecule has 0 atom stereocenters. The van der Waals surface area contributed by atoms with Crippen LogP contribution in [-0.2, 0) is 0 Å². The van der Waals surface area contributed by atoms with Gasteiger partial charge in [-0.3, -0.25) is 0 Å². The number of hydrogen-bond donors (Lipinski definition) is 2. The van der Waals surface area contributed by atoms with Gasteiger partial charge >= 0.3 is 0 Å². The Balaban J connectivity index is 1.92. The second-order valence-corrected chi connectivity index (χ2v) is 5.19. The molecule has 0 aliphatic rings. The van der Waals surface area contributed by atoms with Gasteiger partial charge in [-0.15, -0.1) is 0 Å². The first-order valence-electron chi connectivity index (χ1n) is 7.39. The molecule has 1 aromatic heterocycles. The van der Waals surface area contributed by atoms with Gasteiger partial charge in [0.1, 0.15) is 40.9 Å². The molecule has 0 aliphatic heterocycles. The van der Waals surface area contributed by atoms with Crippen molar-refractivity contribution in [1.29, 1.82) is 5.26 Å². The van der Waals surface area contributed by atoms with Gasteiger partial charge in [-0.05, 0) is 31.2 Å². The fourth-order valence-corrected chi connectivity index (χ4v) is 2.27. The van der Waals surface area contributed by atoms with Gasteiger partial charge in [-0.1, -0.05) is 18.2 Å². The van der Waals surface area contributed by atoms with Crippen LogP contribution in [0.1, 0.15) is 11.4 Å². The van der Waals surface area contributed by atoms with E-state index in [4.69, 9.17) is 5.26 Å². The molecule has 3 aromatic rings. The van der Waals surface area contributed by atoms with Crippen LogP contribution >= 0.6 is 0 Å². The van der Waals surface area contributed by atoms with Crippen LogP contribution in [0.15, 0.2) is 48.5 Å². The molecule has 2 N–H and O–H groups in total. The summed E-state index contributed by atoms with van der Waals surface area (Å²) in [6.07, 6.45) is 0. The molecule has 0 spiro atoms. The molecule has 0 unspecified atom stereocenters. The first-order chi connectivity index (χ1) is 12.1. The predicted octanol–water partition coefficient (Wildman–Crippen LogP) is 4.42. The van der Waals surface area contributed by atoms with Gasteiger partial charge in [-0.25, -0.2) is 18.7 Å². The Kier molecular flexibility index (Phi) is 4.53. The summed E-state index contributed by atoms with van der Waals surface area (Å²) in [5.74, 6) is -0.414. The first kappa shape index (κ1) is 16.3. The second-order valence-electron chi connectivity index (χ2n) is 5.19. The lowest BCUT2D eigenvalue weighted by atomic mass is 10.2. The van der Waals surface area contributed by atoms with Gasteiger partial charge in [0, 0.05) is 6.07 Å². The van der Waals surface area contributed by atoms with Gasteiger partial charge in [-0.2, -0.15) is 5.26 Å². The molecule has 0 fully saturated rings. The number of rotatable bonds is 4. The molecule has 0 radical (unpaired) electrons. The Morgan fingerprint density at radius 3 is 2.24 bits per heavy atom. The number of aromatic nitrogens is 2. The highest BCUT2D eigenvalue weighted by Gasteiger charge is 2.11. The minimum absolute atomic E-state index is 0.230. The number of nitrogens with one attached hydrogen (secondary N) is 2. The number of para-hydroxylation sites is 2. The lowest BCUT2D eigenvalue weighted by Gasteiger charge is -2.12. The zero-order valence-corrected chi connectivity index (χ0v) is 13.2. The average Bonchev–Trinajstić information content (AvgIpc) is 2.58. The van der Waals surface area contributed by atoms with Crippen molar-refractivity contribution in [2.75, 3.05) is 10.6 Å². The van der Waals surface area contributed by atoms with Crippen molar-refractivity contribution < 1.29 is 8.78 Å². The van der Waals surface area contributed by atoms with Crippen molar-refractivity contribution in [1.82, 2.24) is 9.97 Å². The van der Waals surface area contributed by atoms with Gasteiger partial charge in [0.05, 0.1) is 11.3 Å². The summed E-state index contributed by atoms with van der Waals surface area (Å²) in [7, 11) is 0. The van der Waals surface area contributed by atoms with Crippen LogP contribution in [-0.4, -0.2) is 9.97 Å². The molecule has 3 rings (SSSR count). The van der Waals surface area contributed by atoms with E-state index in [1.54, 1.807) is 31.2 Å². The molecule has 7 heteroatoms. The molecular weight excluding hydrogens is 324 g/mol. The maximum Gasteiger partial charge on any atom is 0.149 e. The van der Waals surface area contributed by atoms with Crippen LogP contribution in [0.4, 0.5) is 31.8 Å². The zero-order chi connectivity index (χ0) is 17.8. The van der Waals surface area contributed by atoms with E-state index in [2.05, 4.69) is 26.7 Å². The minimum Gasteiger partial charge on any atom is -0.339 e. The summed E-state index contributed by atoms with van der Waals surface area (Å²) in [5, 5.41) is 14.8. The average molecular weight is 337 g/mol. The first-order valence-corrected chi connectivity index (χ1v) is 7.39. The Morgan fingerprint density at radius 2 is 1.56 bits per heavy atom. The molecule has 1 heterocycles. The molecule has 0 saturated heterocycles. The summed E-state index contributed by atoms with van der Waals surface area (Å²) in [5.41, 5.74) is 0.739. The van der Waals surface area contributed by atoms with Crippen LogP contribution in [0.25, 0.3) is 0 Å². The molecule has 25 heavy (non-hydrogen) atoms. The van der Waals surface area contributed by atoms with E-state index in [9.17, 15) is 8.78 Å². The van der Waals surface area contributed by atoms with Gasteiger partial charge < -0.3 is 10.6 Å². The summed E-state index contributed by atoms with van der Waals surface area (Å²) >= 11 is 0. The third-order valence-corrected chi connectivity index (χ3v) is 3.36. The number of halogens is 2. The van der Waals surface area contributed by atoms with Crippen LogP contribution < -0.4 is 10.6 Å². The van der Waals surface area contributed by atoms with Crippen molar-refractivity contribution in [3.8, 4) is 6.07 Å². The number of anilines is 4. The largest absolute Gasteiger partial charge is 0.339 e. The van der Waals surface area contributed by atoms with Crippen LogP contribution in [0.5, 0.6) is 0 Å². The molecule has 0 saturated carbocycles. The fourth-order valence-electron chi connectivity index (χ4n) is 2.27. The fraction of sp³-hybridized carbons (Fsp3) is 0.0556. The van der Waals surface area contributed by atoms with Gasteiger partial charge in [0.15, 0.2) is 0 Å². The Labute approximate surface area is 143 Å². The Morgan fingerprint density at radius 1 is 0.920 bits per heavy atom. The van der Waals surface area contributed by atoms with Crippen LogP contribution in [0.2, 0.25) is 0 Å². The Bertz CT molecular complexity index is 946. The number of nitriles is 1.